The molecule has 0 atom stereocenters. The van der Waals surface area contributed by atoms with Gasteiger partial charge in [-0.1, -0.05) is 30.3 Å². The Kier molecular flexibility index (Phi) is 4.94. The van der Waals surface area contributed by atoms with Gasteiger partial charge in [-0.3, -0.25) is 0 Å². The standard InChI is InChI=1S/C18H15NO3/c1-2-22-17-9-8-14(18(20)21)10-15(17)11-16(12-19)13-6-4-3-5-7-13/h3-11H,2H2,1H3,(H,20,21)/b16-11+. The van der Waals surface area contributed by atoms with Gasteiger partial charge in [0.15, 0.2) is 0 Å². The first-order chi connectivity index (χ1) is 10.7. The number of rotatable bonds is 5. The highest BCUT2D eigenvalue weighted by molar-refractivity contribution is 5.93. The molecular weight excluding hydrogens is 278 g/mol. The molecule has 1 N–H and O–H groups in total. The molecular formula is C18H15NO3. The van der Waals surface area contributed by atoms with Crippen molar-refractivity contribution in [2.75, 3.05) is 6.61 Å². The summed E-state index contributed by atoms with van der Waals surface area (Å²) in [5.41, 5.74) is 1.94. The minimum Gasteiger partial charge on any atom is -0.493 e. The molecule has 4 nitrogen and oxygen atoms in total. The predicted octanol–water partition coefficient (Wildman–Crippen LogP) is 3.85. The van der Waals surface area contributed by atoms with E-state index < -0.39 is 5.97 Å². The van der Waals surface area contributed by atoms with Gasteiger partial charge < -0.3 is 9.84 Å². The Labute approximate surface area is 128 Å². The first-order valence-corrected chi connectivity index (χ1v) is 6.83. The number of aromatic carboxylic acids is 1. The summed E-state index contributed by atoms with van der Waals surface area (Å²) in [4.78, 5) is 11.1. The van der Waals surface area contributed by atoms with Crippen molar-refractivity contribution < 1.29 is 14.6 Å². The number of nitrogens with zero attached hydrogens (tertiary/aromatic N) is 1. The van der Waals surface area contributed by atoms with Gasteiger partial charge in [-0.2, -0.15) is 5.26 Å². The zero-order chi connectivity index (χ0) is 15.9. The maximum atomic E-state index is 11.1. The van der Waals surface area contributed by atoms with Crippen molar-refractivity contribution in [1.29, 1.82) is 5.26 Å². The van der Waals surface area contributed by atoms with E-state index in [4.69, 9.17) is 9.84 Å². The lowest BCUT2D eigenvalue weighted by molar-refractivity contribution is 0.0697. The summed E-state index contributed by atoms with van der Waals surface area (Å²) in [5, 5.41) is 18.5. The Morgan fingerprint density at radius 2 is 1.95 bits per heavy atom. The van der Waals surface area contributed by atoms with E-state index >= 15 is 0 Å². The molecule has 0 heterocycles. The summed E-state index contributed by atoms with van der Waals surface area (Å²) in [5.74, 6) is -0.466. The van der Waals surface area contributed by atoms with Gasteiger partial charge in [0.25, 0.3) is 0 Å². The molecule has 0 bridgehead atoms. The van der Waals surface area contributed by atoms with Gasteiger partial charge >= 0.3 is 5.97 Å². The number of ether oxygens (including phenoxy) is 1. The Balaban J connectivity index is 2.53. The molecule has 0 aliphatic carbocycles. The van der Waals surface area contributed by atoms with Gasteiger partial charge in [0.2, 0.25) is 0 Å². The van der Waals surface area contributed by atoms with Crippen molar-refractivity contribution in [2.45, 2.75) is 6.92 Å². The number of carbonyl (C=O) groups is 1. The molecule has 0 radical (unpaired) electrons. The minimum absolute atomic E-state index is 0.153. The van der Waals surface area contributed by atoms with Crippen LogP contribution in [0.4, 0.5) is 0 Å². The number of hydrogen-bond donors (Lipinski definition) is 1. The van der Waals surface area contributed by atoms with Gasteiger partial charge in [0, 0.05) is 5.56 Å². The first-order valence-electron chi connectivity index (χ1n) is 6.83. The third kappa shape index (κ3) is 3.53. The number of carboxylic acids is 1. The molecule has 0 unspecified atom stereocenters. The van der Waals surface area contributed by atoms with E-state index in [1.54, 1.807) is 12.1 Å². The van der Waals surface area contributed by atoms with E-state index in [1.165, 1.54) is 12.1 Å². The highest BCUT2D eigenvalue weighted by atomic mass is 16.5. The van der Waals surface area contributed by atoms with E-state index in [0.717, 1.165) is 5.56 Å². The molecule has 4 heteroatoms. The fourth-order valence-corrected chi connectivity index (χ4v) is 2.03. The van der Waals surface area contributed by atoms with Crippen LogP contribution >= 0.6 is 0 Å². The second kappa shape index (κ2) is 7.09. The maximum absolute atomic E-state index is 11.1. The summed E-state index contributed by atoms with van der Waals surface area (Å²) in [7, 11) is 0. The van der Waals surface area contributed by atoms with Gasteiger partial charge in [-0.05, 0) is 36.8 Å². The van der Waals surface area contributed by atoms with Crippen LogP contribution in [0.25, 0.3) is 11.6 Å². The summed E-state index contributed by atoms with van der Waals surface area (Å²) < 4.78 is 5.51. The molecule has 2 aromatic carbocycles. The molecule has 0 spiro atoms. The Hall–Kier alpha value is -3.06. The second-order valence-corrected chi connectivity index (χ2v) is 4.53. The number of allylic oxidation sites excluding steroid dienone is 1. The van der Waals surface area contributed by atoms with E-state index in [2.05, 4.69) is 6.07 Å². The van der Waals surface area contributed by atoms with Crippen molar-refractivity contribution >= 4 is 17.6 Å². The van der Waals surface area contributed by atoms with E-state index in [9.17, 15) is 10.1 Å². The van der Waals surface area contributed by atoms with E-state index in [-0.39, 0.29) is 5.56 Å². The lowest BCUT2D eigenvalue weighted by Crippen LogP contribution is -2.00. The molecule has 0 fully saturated rings. The van der Waals surface area contributed by atoms with Gasteiger partial charge in [-0.25, -0.2) is 4.79 Å². The molecule has 0 saturated heterocycles. The largest absolute Gasteiger partial charge is 0.493 e. The van der Waals surface area contributed by atoms with Crippen molar-refractivity contribution in [3.8, 4) is 11.8 Å². The molecule has 2 rings (SSSR count). The van der Waals surface area contributed by atoms with E-state index in [0.29, 0.717) is 23.5 Å². The summed E-state index contributed by atoms with van der Waals surface area (Å²) in [6.07, 6.45) is 1.65. The van der Waals surface area contributed by atoms with Gasteiger partial charge in [-0.15, -0.1) is 0 Å². The summed E-state index contributed by atoms with van der Waals surface area (Å²) >= 11 is 0. The van der Waals surface area contributed by atoms with Crippen LogP contribution in [0.2, 0.25) is 0 Å². The molecule has 110 valence electrons. The van der Waals surface area contributed by atoms with Crippen LogP contribution in [0.15, 0.2) is 48.5 Å². The number of hydrogen-bond acceptors (Lipinski definition) is 3. The molecule has 0 aromatic heterocycles. The van der Waals surface area contributed by atoms with Crippen molar-refractivity contribution in [1.82, 2.24) is 0 Å². The average Bonchev–Trinajstić information content (AvgIpc) is 2.54. The SMILES string of the molecule is CCOc1ccc(C(=O)O)cc1/C=C(\C#N)c1ccccc1. The Bertz CT molecular complexity index is 743. The van der Waals surface area contributed by atoms with Gasteiger partial charge in [0.05, 0.1) is 23.8 Å². The van der Waals surface area contributed by atoms with Crippen molar-refractivity contribution in [2.24, 2.45) is 0 Å². The molecule has 0 saturated carbocycles. The minimum atomic E-state index is -1.02. The first kappa shape index (κ1) is 15.3. The Morgan fingerprint density at radius 1 is 1.23 bits per heavy atom. The zero-order valence-corrected chi connectivity index (χ0v) is 12.1. The molecule has 0 aliphatic rings. The van der Waals surface area contributed by atoms with Crippen LogP contribution in [0.5, 0.6) is 5.75 Å². The van der Waals surface area contributed by atoms with Gasteiger partial charge in [0.1, 0.15) is 5.75 Å². The van der Waals surface area contributed by atoms with Crippen molar-refractivity contribution in [3.63, 3.8) is 0 Å². The smallest absolute Gasteiger partial charge is 0.335 e. The molecule has 0 aliphatic heterocycles. The summed E-state index contributed by atoms with van der Waals surface area (Å²) in [6.45, 7) is 2.31. The fraction of sp³-hybridized carbons (Fsp3) is 0.111. The highest BCUT2D eigenvalue weighted by Gasteiger charge is 2.09. The molecule has 22 heavy (non-hydrogen) atoms. The van der Waals surface area contributed by atoms with E-state index in [1.807, 2.05) is 37.3 Å². The normalized spacial score (nSPS) is 10.8. The second-order valence-electron chi connectivity index (χ2n) is 4.53. The monoisotopic (exact) mass is 293 g/mol. The van der Waals surface area contributed by atoms with Crippen LogP contribution in [0.1, 0.15) is 28.4 Å². The fourth-order valence-electron chi connectivity index (χ4n) is 2.03. The summed E-state index contributed by atoms with van der Waals surface area (Å²) in [6, 6.07) is 16.0. The van der Waals surface area contributed by atoms with Crippen LogP contribution in [0, 0.1) is 11.3 Å². The van der Waals surface area contributed by atoms with Crippen LogP contribution in [-0.4, -0.2) is 17.7 Å². The van der Waals surface area contributed by atoms with Crippen LogP contribution in [-0.2, 0) is 0 Å². The number of nitriles is 1. The van der Waals surface area contributed by atoms with Crippen LogP contribution < -0.4 is 4.74 Å². The third-order valence-corrected chi connectivity index (χ3v) is 3.06. The molecule has 0 amide bonds. The zero-order valence-electron chi connectivity index (χ0n) is 12.1. The topological polar surface area (TPSA) is 70.3 Å². The third-order valence-electron chi connectivity index (χ3n) is 3.06. The van der Waals surface area contributed by atoms with Crippen LogP contribution in [0.3, 0.4) is 0 Å². The number of benzene rings is 2. The molecule has 2 aromatic rings. The maximum Gasteiger partial charge on any atom is 0.335 e. The highest BCUT2D eigenvalue weighted by Crippen LogP contribution is 2.26. The lowest BCUT2D eigenvalue weighted by Gasteiger charge is -2.09. The van der Waals surface area contributed by atoms with Crippen molar-refractivity contribution in [3.05, 3.63) is 65.2 Å². The Morgan fingerprint density at radius 3 is 2.55 bits per heavy atom. The quantitative estimate of drug-likeness (QED) is 0.671. The average molecular weight is 293 g/mol. The predicted molar refractivity (Wildman–Crippen MR) is 84.5 cm³/mol. The lowest BCUT2D eigenvalue weighted by atomic mass is 10.0. The number of carboxylic acid groups (broad SMARTS) is 1.